The number of aromatic nitrogens is 2. The fourth-order valence-electron chi connectivity index (χ4n) is 1.58. The molecule has 0 aliphatic carbocycles. The summed E-state index contributed by atoms with van der Waals surface area (Å²) in [4.78, 5) is 0.997. The van der Waals surface area contributed by atoms with Gasteiger partial charge in [-0.15, -0.1) is 11.3 Å². The van der Waals surface area contributed by atoms with Crippen LogP contribution in [0.2, 0.25) is 0 Å². The molecule has 0 bridgehead atoms. The third kappa shape index (κ3) is 2.99. The van der Waals surface area contributed by atoms with Gasteiger partial charge < -0.3 is 5.73 Å². The van der Waals surface area contributed by atoms with Crippen LogP contribution in [0.1, 0.15) is 10.6 Å². The van der Waals surface area contributed by atoms with E-state index in [1.54, 1.807) is 30.9 Å². The Morgan fingerprint density at radius 1 is 1.58 bits per heavy atom. The summed E-state index contributed by atoms with van der Waals surface area (Å²) in [5.74, 6) is 0. The van der Waals surface area contributed by atoms with Gasteiger partial charge in [-0.25, -0.2) is 8.42 Å². The molecule has 0 saturated heterocycles. The highest BCUT2D eigenvalue weighted by atomic mass is 79.9. The van der Waals surface area contributed by atoms with Crippen molar-refractivity contribution in [2.24, 2.45) is 12.8 Å². The molecule has 104 valence electrons. The van der Waals surface area contributed by atoms with E-state index in [4.69, 9.17) is 5.73 Å². The second-order valence-electron chi connectivity index (χ2n) is 3.96. The summed E-state index contributed by atoms with van der Waals surface area (Å²) in [6.07, 6.45) is 1.62. The van der Waals surface area contributed by atoms with Crippen molar-refractivity contribution in [2.45, 2.75) is 18.4 Å². The van der Waals surface area contributed by atoms with E-state index in [-0.39, 0.29) is 4.90 Å². The highest BCUT2D eigenvalue weighted by molar-refractivity contribution is 9.11. The summed E-state index contributed by atoms with van der Waals surface area (Å²) in [5, 5.41) is 4.09. The number of aryl methyl sites for hydroxylation is 2. The van der Waals surface area contributed by atoms with Crippen LogP contribution in [0.3, 0.4) is 0 Å². The molecule has 0 atom stereocenters. The monoisotopic (exact) mass is 364 g/mol. The maximum Gasteiger partial charge on any atom is 0.263 e. The zero-order valence-corrected chi connectivity index (χ0v) is 13.6. The van der Waals surface area contributed by atoms with Gasteiger partial charge in [-0.1, -0.05) is 0 Å². The molecule has 0 aliphatic heterocycles. The van der Waals surface area contributed by atoms with Crippen molar-refractivity contribution in [3.63, 3.8) is 0 Å². The van der Waals surface area contributed by atoms with Crippen LogP contribution in [0.25, 0.3) is 0 Å². The van der Waals surface area contributed by atoms with E-state index in [0.717, 1.165) is 4.88 Å². The number of sulfonamides is 1. The normalized spacial score (nSPS) is 11.8. The van der Waals surface area contributed by atoms with Crippen molar-refractivity contribution >= 4 is 43.0 Å². The number of nitrogens with two attached hydrogens (primary N) is 1. The van der Waals surface area contributed by atoms with E-state index in [1.807, 2.05) is 0 Å². The van der Waals surface area contributed by atoms with Gasteiger partial charge in [0.2, 0.25) is 0 Å². The Labute approximate surface area is 123 Å². The predicted octanol–water partition coefficient (Wildman–Crippen LogP) is 1.81. The molecule has 0 radical (unpaired) electrons. The highest BCUT2D eigenvalue weighted by Gasteiger charge is 2.22. The lowest BCUT2D eigenvalue weighted by Crippen LogP contribution is -2.13. The second kappa shape index (κ2) is 5.23. The quantitative estimate of drug-likeness (QED) is 0.865. The maximum atomic E-state index is 12.3. The number of nitrogens with one attached hydrogen (secondary N) is 1. The topological polar surface area (TPSA) is 90.0 Å². The Hall–Kier alpha value is -0.900. The lowest BCUT2D eigenvalue weighted by atomic mass is 10.4. The van der Waals surface area contributed by atoms with Crippen LogP contribution in [-0.4, -0.2) is 18.2 Å². The van der Waals surface area contributed by atoms with Crippen LogP contribution < -0.4 is 10.5 Å². The molecule has 2 aromatic heterocycles. The fourth-order valence-corrected chi connectivity index (χ4v) is 5.25. The molecule has 0 amide bonds. The molecule has 6 nitrogen and oxygen atoms in total. The second-order valence-corrected chi connectivity index (χ2v) is 8.07. The molecule has 3 N–H and O–H groups in total. The zero-order chi connectivity index (χ0) is 14.2. The minimum atomic E-state index is -3.64. The number of rotatable bonds is 4. The molecule has 2 rings (SSSR count). The predicted molar refractivity (Wildman–Crippen MR) is 78.7 cm³/mol. The first-order valence-corrected chi connectivity index (χ1v) is 8.44. The zero-order valence-electron chi connectivity index (χ0n) is 10.3. The Balaban J connectivity index is 2.37. The fraction of sp³-hybridized carbons (Fsp3) is 0.300. The Morgan fingerprint density at radius 3 is 2.74 bits per heavy atom. The van der Waals surface area contributed by atoms with Crippen LogP contribution in [-0.2, 0) is 23.6 Å². The number of halogens is 1. The summed E-state index contributed by atoms with van der Waals surface area (Å²) in [5.41, 5.74) is 6.61. The van der Waals surface area contributed by atoms with E-state index in [1.165, 1.54) is 11.3 Å². The third-order valence-corrected chi connectivity index (χ3v) is 6.09. The Morgan fingerprint density at radius 2 is 2.26 bits per heavy atom. The van der Waals surface area contributed by atoms with Crippen molar-refractivity contribution in [1.82, 2.24) is 9.78 Å². The van der Waals surface area contributed by atoms with Gasteiger partial charge in [0.1, 0.15) is 4.90 Å². The van der Waals surface area contributed by atoms with Crippen LogP contribution in [0.15, 0.2) is 20.9 Å². The molecule has 9 heteroatoms. The Kier molecular flexibility index (Phi) is 4.00. The van der Waals surface area contributed by atoms with Crippen molar-refractivity contribution in [1.29, 1.82) is 0 Å². The number of hydrogen-bond donors (Lipinski definition) is 2. The summed E-state index contributed by atoms with van der Waals surface area (Å²) < 4.78 is 29.2. The van der Waals surface area contributed by atoms with Gasteiger partial charge in [0, 0.05) is 24.7 Å². The van der Waals surface area contributed by atoms with Gasteiger partial charge in [0.25, 0.3) is 10.0 Å². The first-order valence-electron chi connectivity index (χ1n) is 5.35. The molecule has 0 unspecified atom stereocenters. The van der Waals surface area contributed by atoms with Crippen molar-refractivity contribution in [2.75, 3.05) is 4.72 Å². The molecule has 2 aromatic rings. The lowest BCUT2D eigenvalue weighted by Gasteiger charge is -2.05. The van der Waals surface area contributed by atoms with Gasteiger partial charge in [-0.3, -0.25) is 9.40 Å². The lowest BCUT2D eigenvalue weighted by molar-refractivity contribution is 0.601. The smallest absolute Gasteiger partial charge is 0.263 e. The van der Waals surface area contributed by atoms with Gasteiger partial charge in [0.05, 0.1) is 15.2 Å². The average Bonchev–Trinajstić information content (AvgIpc) is 2.82. The van der Waals surface area contributed by atoms with E-state index >= 15 is 0 Å². The summed E-state index contributed by atoms with van der Waals surface area (Å²) in [7, 11) is -1.90. The molecule has 0 aromatic carbocycles. The van der Waals surface area contributed by atoms with Crippen molar-refractivity contribution in [3.8, 4) is 0 Å². The van der Waals surface area contributed by atoms with Gasteiger partial charge in [-0.2, -0.15) is 5.10 Å². The molecule has 0 spiro atoms. The molecular formula is C10H13BrN4O2S2. The molecule has 19 heavy (non-hydrogen) atoms. The summed E-state index contributed by atoms with van der Waals surface area (Å²) >= 11 is 4.57. The van der Waals surface area contributed by atoms with Crippen LogP contribution in [0.5, 0.6) is 0 Å². The highest BCUT2D eigenvalue weighted by Crippen LogP contribution is 2.32. The summed E-state index contributed by atoms with van der Waals surface area (Å²) in [6.45, 7) is 2.05. The number of nitrogens with zero attached hydrogens (tertiary/aromatic N) is 2. The van der Waals surface area contributed by atoms with Gasteiger partial charge in [-0.05, 0) is 28.9 Å². The van der Waals surface area contributed by atoms with Crippen LogP contribution in [0.4, 0.5) is 5.69 Å². The number of thiophene rings is 1. The summed E-state index contributed by atoms with van der Waals surface area (Å²) in [6, 6.07) is 1.57. The minimum absolute atomic E-state index is 0.196. The van der Waals surface area contributed by atoms with E-state index in [2.05, 4.69) is 25.8 Å². The van der Waals surface area contributed by atoms with Crippen LogP contribution >= 0.6 is 27.3 Å². The SMILES string of the molecule is Cc1nn(C)cc1NS(=O)(=O)c1cc(CN)sc1Br. The van der Waals surface area contributed by atoms with E-state index in [0.29, 0.717) is 21.7 Å². The largest absolute Gasteiger partial charge is 0.326 e. The van der Waals surface area contributed by atoms with Crippen molar-refractivity contribution in [3.05, 3.63) is 26.6 Å². The molecular weight excluding hydrogens is 352 g/mol. The first-order chi connectivity index (χ1) is 8.83. The molecule has 0 saturated carbocycles. The molecule has 0 fully saturated rings. The number of anilines is 1. The maximum absolute atomic E-state index is 12.3. The molecule has 2 heterocycles. The van der Waals surface area contributed by atoms with Crippen molar-refractivity contribution < 1.29 is 8.42 Å². The first kappa shape index (κ1) is 14.5. The Bertz CT molecular complexity index is 705. The third-order valence-electron chi connectivity index (χ3n) is 2.45. The molecule has 0 aliphatic rings. The van der Waals surface area contributed by atoms with E-state index in [9.17, 15) is 8.42 Å². The van der Waals surface area contributed by atoms with Gasteiger partial charge in [0.15, 0.2) is 0 Å². The van der Waals surface area contributed by atoms with Gasteiger partial charge >= 0.3 is 0 Å². The average molecular weight is 365 g/mol. The van der Waals surface area contributed by atoms with E-state index < -0.39 is 10.0 Å². The van der Waals surface area contributed by atoms with Crippen LogP contribution in [0, 0.1) is 6.92 Å². The number of hydrogen-bond acceptors (Lipinski definition) is 5. The minimum Gasteiger partial charge on any atom is -0.326 e. The standard InChI is InChI=1S/C10H13BrN4O2S2/c1-6-8(5-15(2)13-6)14-19(16,17)9-3-7(4-12)18-10(9)11/h3,5,14H,4,12H2,1-2H3.